The molecule has 6 nitrogen and oxygen atoms in total. The third-order valence-electron chi connectivity index (χ3n) is 5.42. The molecule has 27 heavy (non-hydrogen) atoms. The molecule has 0 unspecified atom stereocenters. The molecule has 1 aromatic rings. The van der Waals surface area contributed by atoms with Gasteiger partial charge < -0.3 is 14.7 Å². The minimum atomic E-state index is -0.383. The van der Waals surface area contributed by atoms with Crippen LogP contribution >= 0.6 is 0 Å². The van der Waals surface area contributed by atoms with Crippen molar-refractivity contribution in [3.63, 3.8) is 0 Å². The first-order chi connectivity index (χ1) is 13.0. The van der Waals surface area contributed by atoms with Gasteiger partial charge >= 0.3 is 0 Å². The van der Waals surface area contributed by atoms with E-state index in [0.717, 1.165) is 39.0 Å². The van der Waals surface area contributed by atoms with E-state index in [9.17, 15) is 18.8 Å². The Labute approximate surface area is 158 Å². The van der Waals surface area contributed by atoms with Crippen LogP contribution in [0.3, 0.4) is 0 Å². The highest BCUT2D eigenvalue weighted by molar-refractivity contribution is 5.97. The minimum absolute atomic E-state index is 0.0321. The Hall–Kier alpha value is -2.28. The normalized spacial score (nSPS) is 18.0. The van der Waals surface area contributed by atoms with Crippen LogP contribution in [0.2, 0.25) is 0 Å². The highest BCUT2D eigenvalue weighted by Crippen LogP contribution is 2.09. The molecule has 0 bridgehead atoms. The predicted octanol–water partition coefficient (Wildman–Crippen LogP) is 0.138. The van der Waals surface area contributed by atoms with E-state index in [0.29, 0.717) is 25.2 Å². The van der Waals surface area contributed by atoms with Gasteiger partial charge in [0, 0.05) is 31.5 Å². The van der Waals surface area contributed by atoms with Crippen molar-refractivity contribution < 1.29 is 23.7 Å². The smallest absolute Gasteiger partial charge is 0.277 e. The lowest BCUT2D eigenvalue weighted by atomic mass is 10.1. The molecule has 2 aliphatic heterocycles. The van der Waals surface area contributed by atoms with Crippen molar-refractivity contribution in [2.24, 2.45) is 0 Å². The number of likely N-dealkylation sites (tertiary alicyclic amines) is 1. The molecule has 2 heterocycles. The number of Topliss-reactive ketones (excluding diaryl/α,β-unsaturated/α-hetero) is 1. The Morgan fingerprint density at radius 2 is 1.44 bits per heavy atom. The molecule has 2 fully saturated rings. The first kappa shape index (κ1) is 19.5. The maximum absolute atomic E-state index is 12.9. The number of amides is 2. The SMILES string of the molecule is O=C(CCC(=O)N1CC[NH+](CC(=O)N2CCCC2)CC1)c1ccc(F)cc1. The zero-order chi connectivity index (χ0) is 19.2. The lowest BCUT2D eigenvalue weighted by Gasteiger charge is -2.32. The van der Waals surface area contributed by atoms with Gasteiger partial charge in [-0.15, -0.1) is 0 Å². The average molecular weight is 376 g/mol. The minimum Gasteiger partial charge on any atom is -0.338 e. The van der Waals surface area contributed by atoms with Gasteiger partial charge in [-0.05, 0) is 37.1 Å². The van der Waals surface area contributed by atoms with Crippen LogP contribution in [0.15, 0.2) is 24.3 Å². The van der Waals surface area contributed by atoms with Gasteiger partial charge in [0.2, 0.25) is 5.91 Å². The Balaban J connectivity index is 1.38. The standard InChI is InChI=1S/C20H26FN3O3/c21-17-5-3-16(4-6-17)18(25)7-8-19(26)24-13-11-22(12-14-24)15-20(27)23-9-1-2-10-23/h3-6H,1-2,7-15H2/p+1. The molecule has 1 aromatic carbocycles. The van der Waals surface area contributed by atoms with Crippen molar-refractivity contribution in [1.82, 2.24) is 9.80 Å². The fourth-order valence-corrected chi connectivity index (χ4v) is 3.70. The lowest BCUT2D eigenvalue weighted by Crippen LogP contribution is -3.15. The number of nitrogens with zero attached hydrogens (tertiary/aromatic N) is 2. The maximum atomic E-state index is 12.9. The second kappa shape index (κ2) is 9.08. The zero-order valence-electron chi connectivity index (χ0n) is 15.6. The van der Waals surface area contributed by atoms with E-state index >= 15 is 0 Å². The molecule has 2 saturated heterocycles. The van der Waals surface area contributed by atoms with Crippen LogP contribution in [0.25, 0.3) is 0 Å². The number of halogens is 1. The van der Waals surface area contributed by atoms with Crippen LogP contribution in [0.1, 0.15) is 36.0 Å². The number of rotatable bonds is 6. The summed E-state index contributed by atoms with van der Waals surface area (Å²) in [7, 11) is 0. The van der Waals surface area contributed by atoms with Gasteiger partial charge in [-0.25, -0.2) is 4.39 Å². The number of hydrogen-bond donors (Lipinski definition) is 1. The molecule has 7 heteroatoms. The van der Waals surface area contributed by atoms with Gasteiger partial charge in [0.05, 0.1) is 26.2 Å². The molecule has 0 saturated carbocycles. The molecule has 0 spiro atoms. The quantitative estimate of drug-likeness (QED) is 0.719. The first-order valence-corrected chi connectivity index (χ1v) is 9.71. The van der Waals surface area contributed by atoms with E-state index in [1.807, 2.05) is 4.90 Å². The van der Waals surface area contributed by atoms with Crippen LogP contribution < -0.4 is 4.90 Å². The monoisotopic (exact) mass is 376 g/mol. The Bertz CT molecular complexity index is 678. The summed E-state index contributed by atoms with van der Waals surface area (Å²) in [6.45, 7) is 5.01. The number of benzene rings is 1. The van der Waals surface area contributed by atoms with Gasteiger partial charge in [0.15, 0.2) is 12.3 Å². The van der Waals surface area contributed by atoms with Gasteiger partial charge in [-0.2, -0.15) is 0 Å². The van der Waals surface area contributed by atoms with Crippen molar-refractivity contribution in [2.75, 3.05) is 45.8 Å². The molecular formula is C20H27FN3O3+. The van der Waals surface area contributed by atoms with Gasteiger partial charge in [0.1, 0.15) is 5.82 Å². The van der Waals surface area contributed by atoms with Gasteiger partial charge in [-0.3, -0.25) is 14.4 Å². The molecule has 0 atom stereocenters. The summed E-state index contributed by atoms with van der Waals surface area (Å²) >= 11 is 0. The summed E-state index contributed by atoms with van der Waals surface area (Å²) < 4.78 is 12.9. The molecule has 146 valence electrons. The van der Waals surface area contributed by atoms with Gasteiger partial charge in [0.25, 0.3) is 5.91 Å². The number of piperazine rings is 1. The third-order valence-corrected chi connectivity index (χ3v) is 5.42. The molecular weight excluding hydrogens is 349 g/mol. The van der Waals surface area contributed by atoms with E-state index in [-0.39, 0.29) is 36.3 Å². The highest BCUT2D eigenvalue weighted by Gasteiger charge is 2.27. The van der Waals surface area contributed by atoms with E-state index in [4.69, 9.17) is 0 Å². The van der Waals surface area contributed by atoms with Crippen molar-refractivity contribution in [1.29, 1.82) is 0 Å². The van der Waals surface area contributed by atoms with Crippen molar-refractivity contribution in [3.05, 3.63) is 35.6 Å². The van der Waals surface area contributed by atoms with Crippen LogP contribution in [0.4, 0.5) is 4.39 Å². The number of nitrogens with one attached hydrogen (secondary N) is 1. The fourth-order valence-electron chi connectivity index (χ4n) is 3.70. The summed E-state index contributed by atoms with van der Waals surface area (Å²) in [5.41, 5.74) is 0.430. The largest absolute Gasteiger partial charge is 0.338 e. The molecule has 2 aliphatic rings. The molecule has 3 rings (SSSR count). The Kier molecular flexibility index (Phi) is 6.55. The van der Waals surface area contributed by atoms with Crippen LogP contribution in [0.5, 0.6) is 0 Å². The number of quaternary nitrogens is 1. The van der Waals surface area contributed by atoms with Crippen molar-refractivity contribution >= 4 is 17.6 Å². The molecule has 1 N–H and O–H groups in total. The Morgan fingerprint density at radius 3 is 2.07 bits per heavy atom. The van der Waals surface area contributed by atoms with Crippen LogP contribution in [-0.4, -0.2) is 73.2 Å². The van der Waals surface area contributed by atoms with E-state index in [1.54, 1.807) is 4.90 Å². The van der Waals surface area contributed by atoms with E-state index in [1.165, 1.54) is 29.2 Å². The Morgan fingerprint density at radius 1 is 0.852 bits per heavy atom. The summed E-state index contributed by atoms with van der Waals surface area (Å²) in [5.74, 6) is -0.349. The zero-order valence-corrected chi connectivity index (χ0v) is 15.6. The average Bonchev–Trinajstić information content (AvgIpc) is 3.22. The number of ketones is 1. The summed E-state index contributed by atoms with van der Waals surface area (Å²) in [4.78, 5) is 41.6. The second-order valence-electron chi connectivity index (χ2n) is 7.33. The lowest BCUT2D eigenvalue weighted by molar-refractivity contribution is -0.896. The highest BCUT2D eigenvalue weighted by atomic mass is 19.1. The third kappa shape index (κ3) is 5.35. The van der Waals surface area contributed by atoms with Crippen molar-refractivity contribution in [3.8, 4) is 0 Å². The predicted molar refractivity (Wildman–Crippen MR) is 97.9 cm³/mol. The van der Waals surface area contributed by atoms with Crippen molar-refractivity contribution in [2.45, 2.75) is 25.7 Å². The summed E-state index contributed by atoms with van der Waals surface area (Å²) in [6.07, 6.45) is 2.49. The van der Waals surface area contributed by atoms with Crippen LogP contribution in [0, 0.1) is 5.82 Å². The number of carbonyl (C=O) groups excluding carboxylic acids is 3. The first-order valence-electron chi connectivity index (χ1n) is 9.71. The number of carbonyl (C=O) groups is 3. The maximum Gasteiger partial charge on any atom is 0.277 e. The molecule has 0 aliphatic carbocycles. The topological polar surface area (TPSA) is 62.1 Å². The van der Waals surface area contributed by atoms with Crippen LogP contribution in [-0.2, 0) is 9.59 Å². The van der Waals surface area contributed by atoms with E-state index in [2.05, 4.69) is 0 Å². The fraction of sp³-hybridized carbons (Fsp3) is 0.550. The number of hydrogen-bond acceptors (Lipinski definition) is 3. The molecule has 0 radical (unpaired) electrons. The molecule has 2 amide bonds. The van der Waals surface area contributed by atoms with Gasteiger partial charge in [-0.1, -0.05) is 0 Å². The summed E-state index contributed by atoms with van der Waals surface area (Å²) in [5, 5.41) is 0. The van der Waals surface area contributed by atoms with E-state index < -0.39 is 0 Å². The summed E-state index contributed by atoms with van der Waals surface area (Å²) in [6, 6.07) is 5.39. The second-order valence-corrected chi connectivity index (χ2v) is 7.33. The molecule has 0 aromatic heterocycles.